The van der Waals surface area contributed by atoms with Crippen LogP contribution in [0.3, 0.4) is 0 Å². The highest BCUT2D eigenvalue weighted by Gasteiger charge is 2.41. The molecule has 0 unspecified atom stereocenters. The Kier molecular flexibility index (Phi) is 3.85. The van der Waals surface area contributed by atoms with Crippen LogP contribution in [0.25, 0.3) is 0 Å². The number of fused-ring (bicyclic) bond motifs is 1. The summed E-state index contributed by atoms with van der Waals surface area (Å²) in [5, 5.41) is -1.10. The predicted octanol–water partition coefficient (Wildman–Crippen LogP) is 2.29. The van der Waals surface area contributed by atoms with Crippen molar-refractivity contribution in [3.05, 3.63) is 53.6 Å². The zero-order valence-corrected chi connectivity index (χ0v) is 13.6. The van der Waals surface area contributed by atoms with Crippen molar-refractivity contribution in [2.45, 2.75) is 16.6 Å². The Morgan fingerprint density at radius 3 is 2.22 bits per heavy atom. The second-order valence-electron chi connectivity index (χ2n) is 5.28. The van der Waals surface area contributed by atoms with Gasteiger partial charge < -0.3 is 9.47 Å². The van der Waals surface area contributed by atoms with E-state index in [4.69, 9.17) is 9.47 Å². The highest BCUT2D eigenvalue weighted by Crippen LogP contribution is 2.37. The molecule has 3 rings (SSSR count). The molecule has 2 aromatic carbocycles. The number of hydrogen-bond donors (Lipinski definition) is 0. The van der Waals surface area contributed by atoms with Crippen molar-refractivity contribution >= 4 is 15.6 Å². The van der Waals surface area contributed by atoms with Crippen LogP contribution in [-0.2, 0) is 16.3 Å². The van der Waals surface area contributed by atoms with Gasteiger partial charge in [0.15, 0.2) is 27.1 Å². The fourth-order valence-electron chi connectivity index (χ4n) is 2.81. The lowest BCUT2D eigenvalue weighted by atomic mass is 10.1. The molecule has 0 heterocycles. The number of rotatable bonds is 4. The third-order valence-corrected chi connectivity index (χ3v) is 6.08. The Bertz CT molecular complexity index is 856. The average molecular weight is 332 g/mol. The van der Waals surface area contributed by atoms with E-state index in [1.165, 1.54) is 26.4 Å². The number of Topliss-reactive ketones (excluding diaryl/α,β-unsaturated/α-hetero) is 1. The third-order valence-electron chi connectivity index (χ3n) is 4.02. The van der Waals surface area contributed by atoms with Gasteiger partial charge in [0.25, 0.3) is 0 Å². The van der Waals surface area contributed by atoms with Crippen molar-refractivity contribution in [1.82, 2.24) is 0 Å². The monoisotopic (exact) mass is 332 g/mol. The lowest BCUT2D eigenvalue weighted by molar-refractivity contribution is 0.0997. The zero-order chi connectivity index (χ0) is 16.6. The summed E-state index contributed by atoms with van der Waals surface area (Å²) in [4.78, 5) is 12.8. The Hall–Kier alpha value is -2.34. The number of sulfone groups is 1. The molecular weight excluding hydrogens is 316 g/mol. The molecule has 0 amide bonds. The molecule has 120 valence electrons. The maximum absolute atomic E-state index is 12.7. The van der Waals surface area contributed by atoms with Crippen LogP contribution < -0.4 is 9.47 Å². The topological polar surface area (TPSA) is 69.7 Å². The van der Waals surface area contributed by atoms with Gasteiger partial charge in [0.05, 0.1) is 19.1 Å². The summed E-state index contributed by atoms with van der Waals surface area (Å²) in [6, 6.07) is 11.3. The van der Waals surface area contributed by atoms with E-state index in [0.717, 1.165) is 0 Å². The minimum Gasteiger partial charge on any atom is -0.493 e. The number of hydrogen-bond acceptors (Lipinski definition) is 5. The molecule has 1 aliphatic rings. The summed E-state index contributed by atoms with van der Waals surface area (Å²) >= 11 is 0. The Morgan fingerprint density at radius 1 is 1.00 bits per heavy atom. The van der Waals surface area contributed by atoms with E-state index in [1.807, 2.05) is 0 Å². The number of carbonyl (C=O) groups excluding carboxylic acids is 1. The van der Waals surface area contributed by atoms with Crippen LogP contribution in [-0.4, -0.2) is 33.7 Å². The van der Waals surface area contributed by atoms with Gasteiger partial charge in [0.2, 0.25) is 0 Å². The molecule has 2 aromatic rings. The number of ketones is 1. The van der Waals surface area contributed by atoms with Gasteiger partial charge in [-0.25, -0.2) is 8.42 Å². The van der Waals surface area contributed by atoms with Crippen LogP contribution >= 0.6 is 0 Å². The molecule has 0 aliphatic heterocycles. The molecule has 0 spiro atoms. The van der Waals surface area contributed by atoms with Crippen molar-refractivity contribution in [3.63, 3.8) is 0 Å². The van der Waals surface area contributed by atoms with Crippen molar-refractivity contribution in [2.24, 2.45) is 0 Å². The van der Waals surface area contributed by atoms with Crippen molar-refractivity contribution in [1.29, 1.82) is 0 Å². The summed E-state index contributed by atoms with van der Waals surface area (Å²) in [7, 11) is -0.753. The number of methoxy groups -OCH3 is 2. The van der Waals surface area contributed by atoms with Gasteiger partial charge in [-0.05, 0) is 36.2 Å². The van der Waals surface area contributed by atoms with Gasteiger partial charge in [0.1, 0.15) is 5.25 Å². The maximum Gasteiger partial charge on any atom is 0.189 e. The summed E-state index contributed by atoms with van der Waals surface area (Å²) in [5.41, 5.74) is 1.05. The second-order valence-corrected chi connectivity index (χ2v) is 7.41. The standard InChI is InChI=1S/C17H16O5S/c1-21-14-8-11-9-16(17(18)13(11)10-15(14)22-2)23(19,20)12-6-4-3-5-7-12/h3-8,10,16H,9H2,1-2H3/t16-/m0/s1. The highest BCUT2D eigenvalue weighted by atomic mass is 32.2. The molecule has 0 bridgehead atoms. The minimum absolute atomic E-state index is 0.145. The van der Waals surface area contributed by atoms with Gasteiger partial charge in [-0.2, -0.15) is 0 Å². The van der Waals surface area contributed by atoms with Crippen LogP contribution in [0, 0.1) is 0 Å². The van der Waals surface area contributed by atoms with Crippen LogP contribution in [0.4, 0.5) is 0 Å². The summed E-state index contributed by atoms with van der Waals surface area (Å²) in [6.07, 6.45) is 0.145. The van der Waals surface area contributed by atoms with Crippen LogP contribution in [0.5, 0.6) is 11.5 Å². The Labute approximate surface area is 134 Å². The fourth-order valence-corrected chi connectivity index (χ4v) is 4.48. The quantitative estimate of drug-likeness (QED) is 0.859. The van der Waals surface area contributed by atoms with E-state index in [9.17, 15) is 13.2 Å². The van der Waals surface area contributed by atoms with E-state index in [-0.39, 0.29) is 11.3 Å². The first kappa shape index (κ1) is 15.6. The van der Waals surface area contributed by atoms with Gasteiger partial charge in [-0.1, -0.05) is 18.2 Å². The first-order valence-electron chi connectivity index (χ1n) is 7.07. The summed E-state index contributed by atoms with van der Waals surface area (Å²) in [5.74, 6) is 0.499. The fraction of sp³-hybridized carbons (Fsp3) is 0.235. The van der Waals surface area contributed by atoms with Gasteiger partial charge >= 0.3 is 0 Å². The molecule has 0 N–H and O–H groups in total. The normalized spacial score (nSPS) is 17.0. The van der Waals surface area contributed by atoms with Gasteiger partial charge in [0, 0.05) is 5.56 Å². The lowest BCUT2D eigenvalue weighted by Gasteiger charge is -2.09. The van der Waals surface area contributed by atoms with Crippen molar-refractivity contribution < 1.29 is 22.7 Å². The van der Waals surface area contributed by atoms with Crippen molar-refractivity contribution in [3.8, 4) is 11.5 Å². The summed E-state index contributed by atoms with van der Waals surface area (Å²) in [6.45, 7) is 0. The molecule has 0 saturated heterocycles. The average Bonchev–Trinajstić information content (AvgIpc) is 2.91. The van der Waals surface area contributed by atoms with E-state index in [2.05, 4.69) is 0 Å². The van der Waals surface area contributed by atoms with E-state index >= 15 is 0 Å². The smallest absolute Gasteiger partial charge is 0.189 e. The molecule has 6 heteroatoms. The zero-order valence-electron chi connectivity index (χ0n) is 12.8. The molecule has 1 atom stereocenters. The van der Waals surface area contributed by atoms with Crippen molar-refractivity contribution in [2.75, 3.05) is 14.2 Å². The largest absolute Gasteiger partial charge is 0.493 e. The number of ether oxygens (including phenoxy) is 2. The molecule has 1 aliphatic carbocycles. The molecule has 5 nitrogen and oxygen atoms in total. The maximum atomic E-state index is 12.7. The van der Waals surface area contributed by atoms with Crippen LogP contribution in [0.2, 0.25) is 0 Å². The Morgan fingerprint density at radius 2 is 1.61 bits per heavy atom. The second kappa shape index (κ2) is 5.70. The minimum atomic E-state index is -3.73. The SMILES string of the molecule is COc1cc2c(cc1OC)C(=O)[C@@H](S(=O)(=O)c1ccccc1)C2. The molecule has 0 radical (unpaired) electrons. The van der Waals surface area contributed by atoms with Gasteiger partial charge in [-0.15, -0.1) is 0 Å². The number of carbonyl (C=O) groups is 1. The number of benzene rings is 2. The first-order valence-corrected chi connectivity index (χ1v) is 8.61. The Balaban J connectivity index is 2.04. The highest BCUT2D eigenvalue weighted by molar-refractivity contribution is 7.92. The lowest BCUT2D eigenvalue weighted by Crippen LogP contribution is -2.27. The third kappa shape index (κ3) is 2.49. The van der Waals surface area contributed by atoms with E-state index in [0.29, 0.717) is 22.6 Å². The van der Waals surface area contributed by atoms with E-state index in [1.54, 1.807) is 30.3 Å². The van der Waals surface area contributed by atoms with Crippen LogP contribution in [0.15, 0.2) is 47.4 Å². The molecule has 23 heavy (non-hydrogen) atoms. The molecule has 0 aromatic heterocycles. The first-order chi connectivity index (χ1) is 11.0. The molecular formula is C17H16O5S. The van der Waals surface area contributed by atoms with Gasteiger partial charge in [-0.3, -0.25) is 4.79 Å². The molecule has 0 saturated carbocycles. The molecule has 0 fully saturated rings. The predicted molar refractivity (Wildman–Crippen MR) is 85.0 cm³/mol. The summed E-state index contributed by atoms with van der Waals surface area (Å²) < 4.78 is 35.9. The van der Waals surface area contributed by atoms with Crippen LogP contribution in [0.1, 0.15) is 15.9 Å². The van der Waals surface area contributed by atoms with E-state index < -0.39 is 20.9 Å².